The fraction of sp³-hybridized carbons (Fsp3) is 0.250. The van der Waals surface area contributed by atoms with Gasteiger partial charge in [-0.25, -0.2) is 9.97 Å². The summed E-state index contributed by atoms with van der Waals surface area (Å²) in [5.74, 6) is -1.50. The number of amides is 2. The highest BCUT2D eigenvalue weighted by Gasteiger charge is 2.43. The number of carbonyl (C=O) groups excluding carboxylic acids is 2. The lowest BCUT2D eigenvalue weighted by Gasteiger charge is -2.25. The Kier molecular flexibility index (Phi) is 4.32. The molecule has 0 saturated carbocycles. The molecule has 0 aliphatic carbocycles. The van der Waals surface area contributed by atoms with Crippen molar-refractivity contribution in [2.75, 3.05) is 0 Å². The topological polar surface area (TPSA) is 92.2 Å². The van der Waals surface area contributed by atoms with Gasteiger partial charge in [-0.15, -0.1) is 0 Å². The fourth-order valence-electron chi connectivity index (χ4n) is 2.18. The zero-order valence-corrected chi connectivity index (χ0v) is 12.6. The summed E-state index contributed by atoms with van der Waals surface area (Å²) in [6.45, 7) is 4.69. The van der Waals surface area contributed by atoms with E-state index in [4.69, 9.17) is 0 Å². The Morgan fingerprint density at radius 1 is 1.09 bits per heavy atom. The van der Waals surface area contributed by atoms with Gasteiger partial charge in [-0.2, -0.15) is 0 Å². The molecule has 0 spiro atoms. The Labute approximate surface area is 128 Å². The summed E-state index contributed by atoms with van der Waals surface area (Å²) in [6.07, 6.45) is 0. The van der Waals surface area contributed by atoms with Crippen LogP contribution in [0.2, 0.25) is 0 Å². The lowest BCUT2D eigenvalue weighted by Crippen LogP contribution is -2.48. The molecule has 1 atom stereocenters. The molecular formula is C16H17N3O3. The molecule has 22 heavy (non-hydrogen) atoms. The molecule has 1 heterocycles. The van der Waals surface area contributed by atoms with Crippen molar-refractivity contribution in [3.05, 3.63) is 59.2 Å². The number of aliphatic hydroxyl groups is 1. The molecule has 0 fully saturated rings. The van der Waals surface area contributed by atoms with Gasteiger partial charge in [0.2, 0.25) is 11.5 Å². The van der Waals surface area contributed by atoms with Crippen LogP contribution in [0.5, 0.6) is 0 Å². The summed E-state index contributed by atoms with van der Waals surface area (Å²) in [6, 6.07) is 10.0. The van der Waals surface area contributed by atoms with Crippen molar-refractivity contribution in [3.8, 4) is 0 Å². The number of imide groups is 1. The highest BCUT2D eigenvalue weighted by Crippen LogP contribution is 2.27. The highest BCUT2D eigenvalue weighted by molar-refractivity contribution is 6.00. The largest absolute Gasteiger partial charge is 0.369 e. The van der Waals surface area contributed by atoms with E-state index in [1.165, 1.54) is 6.92 Å². The number of nitrogens with one attached hydrogen (secondary N) is 1. The van der Waals surface area contributed by atoms with Crippen LogP contribution in [0.4, 0.5) is 0 Å². The number of carbonyl (C=O) groups is 2. The van der Waals surface area contributed by atoms with Gasteiger partial charge in [0.15, 0.2) is 5.82 Å². The number of benzene rings is 1. The van der Waals surface area contributed by atoms with E-state index in [-0.39, 0.29) is 5.82 Å². The molecule has 6 heteroatoms. The molecule has 0 aliphatic rings. The highest BCUT2D eigenvalue weighted by atomic mass is 16.3. The van der Waals surface area contributed by atoms with Crippen LogP contribution in [0.15, 0.2) is 36.4 Å². The predicted octanol–water partition coefficient (Wildman–Crippen LogP) is 0.992. The third-order valence-electron chi connectivity index (χ3n) is 3.12. The maximum absolute atomic E-state index is 12.4. The maximum atomic E-state index is 12.4. The zero-order chi connectivity index (χ0) is 16.3. The van der Waals surface area contributed by atoms with Crippen molar-refractivity contribution in [2.45, 2.75) is 26.4 Å². The van der Waals surface area contributed by atoms with E-state index in [9.17, 15) is 14.7 Å². The van der Waals surface area contributed by atoms with E-state index in [0.29, 0.717) is 17.0 Å². The molecule has 1 aromatic carbocycles. The Balaban J connectivity index is 2.64. The van der Waals surface area contributed by atoms with Crippen LogP contribution in [-0.4, -0.2) is 26.9 Å². The lowest BCUT2D eigenvalue weighted by atomic mass is 9.91. The standard InChI is InChI=1S/C16H17N3O3/c1-10-9-11(2)18-14(17-10)16(22,15(21)19-12(3)20)13-7-5-4-6-8-13/h4-9,22H,1-3H3,(H,19,20,21). The van der Waals surface area contributed by atoms with Crippen LogP contribution in [0, 0.1) is 13.8 Å². The van der Waals surface area contributed by atoms with Gasteiger partial charge in [0.25, 0.3) is 5.91 Å². The molecule has 0 saturated heterocycles. The van der Waals surface area contributed by atoms with Crippen LogP contribution in [0.25, 0.3) is 0 Å². The fourth-order valence-corrected chi connectivity index (χ4v) is 2.18. The van der Waals surface area contributed by atoms with E-state index < -0.39 is 17.4 Å². The first-order valence-corrected chi connectivity index (χ1v) is 6.76. The van der Waals surface area contributed by atoms with Gasteiger partial charge in [-0.3, -0.25) is 14.9 Å². The summed E-state index contributed by atoms with van der Waals surface area (Å²) in [5.41, 5.74) is -0.609. The van der Waals surface area contributed by atoms with Crippen LogP contribution in [0.3, 0.4) is 0 Å². The molecule has 2 rings (SSSR count). The minimum atomic E-state index is -2.14. The predicted molar refractivity (Wildman–Crippen MR) is 79.8 cm³/mol. The first kappa shape index (κ1) is 15.8. The quantitative estimate of drug-likeness (QED) is 0.882. The van der Waals surface area contributed by atoms with E-state index in [2.05, 4.69) is 15.3 Å². The van der Waals surface area contributed by atoms with Crippen LogP contribution in [-0.2, 0) is 15.2 Å². The molecule has 0 radical (unpaired) electrons. The van der Waals surface area contributed by atoms with Gasteiger partial charge in [-0.1, -0.05) is 30.3 Å². The van der Waals surface area contributed by atoms with Crippen LogP contribution < -0.4 is 5.32 Å². The number of hydrogen-bond donors (Lipinski definition) is 2. The van der Waals surface area contributed by atoms with Gasteiger partial charge in [0.1, 0.15) is 0 Å². The average Bonchev–Trinajstić information content (AvgIpc) is 2.45. The molecule has 6 nitrogen and oxygen atoms in total. The monoisotopic (exact) mass is 299 g/mol. The first-order valence-electron chi connectivity index (χ1n) is 6.76. The normalized spacial score (nSPS) is 13.3. The van der Waals surface area contributed by atoms with Gasteiger partial charge in [0.05, 0.1) is 0 Å². The van der Waals surface area contributed by atoms with E-state index in [1.54, 1.807) is 50.2 Å². The van der Waals surface area contributed by atoms with Crippen molar-refractivity contribution in [2.24, 2.45) is 0 Å². The van der Waals surface area contributed by atoms with Crippen molar-refractivity contribution >= 4 is 11.8 Å². The Morgan fingerprint density at radius 2 is 1.64 bits per heavy atom. The third-order valence-corrected chi connectivity index (χ3v) is 3.12. The summed E-state index contributed by atoms with van der Waals surface area (Å²) in [4.78, 5) is 32.0. The van der Waals surface area contributed by atoms with Gasteiger partial charge < -0.3 is 5.11 Å². The summed E-state index contributed by atoms with van der Waals surface area (Å²) >= 11 is 0. The van der Waals surface area contributed by atoms with Crippen molar-refractivity contribution in [1.82, 2.24) is 15.3 Å². The van der Waals surface area contributed by atoms with Gasteiger partial charge in [0, 0.05) is 23.9 Å². The van der Waals surface area contributed by atoms with E-state index in [1.807, 2.05) is 0 Å². The summed E-state index contributed by atoms with van der Waals surface area (Å²) in [7, 11) is 0. The number of aryl methyl sites for hydroxylation is 2. The Morgan fingerprint density at radius 3 is 2.14 bits per heavy atom. The second-order valence-corrected chi connectivity index (χ2v) is 5.06. The molecule has 2 N–H and O–H groups in total. The van der Waals surface area contributed by atoms with Crippen LogP contribution in [0.1, 0.15) is 29.7 Å². The molecule has 0 bridgehead atoms. The van der Waals surface area contributed by atoms with Crippen LogP contribution >= 0.6 is 0 Å². The molecule has 114 valence electrons. The smallest absolute Gasteiger partial charge is 0.271 e. The van der Waals surface area contributed by atoms with Gasteiger partial charge >= 0.3 is 0 Å². The van der Waals surface area contributed by atoms with Crippen molar-refractivity contribution in [3.63, 3.8) is 0 Å². The molecule has 1 aromatic heterocycles. The average molecular weight is 299 g/mol. The number of aromatic nitrogens is 2. The summed E-state index contributed by atoms with van der Waals surface area (Å²) in [5, 5.41) is 13.1. The lowest BCUT2D eigenvalue weighted by molar-refractivity contribution is -0.141. The SMILES string of the molecule is CC(=O)NC(=O)C(O)(c1ccccc1)c1nc(C)cc(C)n1. The number of nitrogens with zero attached hydrogens (tertiary/aromatic N) is 2. The third kappa shape index (κ3) is 3.01. The second-order valence-electron chi connectivity index (χ2n) is 5.06. The molecule has 1 unspecified atom stereocenters. The zero-order valence-electron chi connectivity index (χ0n) is 12.6. The molecule has 2 amide bonds. The number of hydrogen-bond acceptors (Lipinski definition) is 5. The maximum Gasteiger partial charge on any atom is 0.271 e. The summed E-state index contributed by atoms with van der Waals surface area (Å²) < 4.78 is 0. The Hall–Kier alpha value is -2.60. The second kappa shape index (κ2) is 6.03. The minimum Gasteiger partial charge on any atom is -0.369 e. The minimum absolute atomic E-state index is 0.0602. The number of rotatable bonds is 3. The van der Waals surface area contributed by atoms with Crippen molar-refractivity contribution in [1.29, 1.82) is 0 Å². The molecule has 2 aromatic rings. The van der Waals surface area contributed by atoms with E-state index in [0.717, 1.165) is 0 Å². The Bertz CT molecular complexity index is 696. The van der Waals surface area contributed by atoms with E-state index >= 15 is 0 Å². The molecule has 0 aliphatic heterocycles. The van der Waals surface area contributed by atoms with Crippen molar-refractivity contribution < 1.29 is 14.7 Å². The van der Waals surface area contributed by atoms with Gasteiger partial charge in [-0.05, 0) is 19.9 Å². The molecular weight excluding hydrogens is 282 g/mol. The first-order chi connectivity index (χ1) is 10.3.